The SMILES string of the molecule is C=C=C=C=C=C=C=C=C=C=C=C=C=C=CC(=O)O. The van der Waals surface area contributed by atoms with Gasteiger partial charge >= 0.3 is 5.97 Å². The molecule has 0 bridgehead atoms. The molecule has 0 rings (SSSR count). The van der Waals surface area contributed by atoms with Crippen LogP contribution in [0.5, 0.6) is 0 Å². The Morgan fingerprint density at radius 3 is 1.56 bits per heavy atom. The smallest absolute Gasteiger partial charge is 0.336 e. The van der Waals surface area contributed by atoms with Crippen molar-refractivity contribution in [1.82, 2.24) is 0 Å². The minimum absolute atomic E-state index is 0.791. The lowest BCUT2D eigenvalue weighted by molar-refractivity contribution is -0.131. The van der Waals surface area contributed by atoms with Crippen LogP contribution in [0.25, 0.3) is 0 Å². The lowest BCUT2D eigenvalue weighted by Crippen LogP contribution is -1.82. The Bertz CT molecular complexity index is 818. The maximum atomic E-state index is 10.0. The summed E-state index contributed by atoms with van der Waals surface area (Å²) in [5.74, 6) is -1.11. The molecule has 0 saturated carbocycles. The zero-order valence-corrected chi connectivity index (χ0v) is 9.14. The van der Waals surface area contributed by atoms with Crippen molar-refractivity contribution in [2.45, 2.75) is 0 Å². The van der Waals surface area contributed by atoms with Gasteiger partial charge in [0.1, 0.15) is 0 Å². The monoisotopic (exact) mass is 228 g/mol. The molecular formula is C16H4O2. The number of carbonyl (C=O) groups is 1. The highest BCUT2D eigenvalue weighted by Gasteiger charge is 1.77. The van der Waals surface area contributed by atoms with Crippen LogP contribution in [0.4, 0.5) is 0 Å². The number of hydrogen-bond donors (Lipinski definition) is 1. The second kappa shape index (κ2) is 11.4. The van der Waals surface area contributed by atoms with E-state index in [-0.39, 0.29) is 0 Å². The zero-order chi connectivity index (χ0) is 13.5. The highest BCUT2D eigenvalue weighted by molar-refractivity contribution is 5.79. The maximum Gasteiger partial charge on any atom is 0.336 e. The molecule has 0 aromatic heterocycles. The van der Waals surface area contributed by atoms with Crippen LogP contribution in [0.1, 0.15) is 0 Å². The van der Waals surface area contributed by atoms with Gasteiger partial charge in [-0.2, -0.15) is 0 Å². The van der Waals surface area contributed by atoms with E-state index in [1.165, 1.54) is 0 Å². The maximum absolute atomic E-state index is 10.0. The second-order valence-electron chi connectivity index (χ2n) is 2.18. The summed E-state index contributed by atoms with van der Waals surface area (Å²) in [5.41, 5.74) is 31.0. The number of carboxylic acid groups (broad SMARTS) is 1. The summed E-state index contributed by atoms with van der Waals surface area (Å²) in [6.45, 7) is 3.27. The predicted octanol–water partition coefficient (Wildman–Crippen LogP) is 2.27. The predicted molar refractivity (Wildman–Crippen MR) is 63.5 cm³/mol. The number of aliphatic carboxylic acids is 1. The molecule has 0 spiro atoms. The fourth-order valence-electron chi connectivity index (χ4n) is 0.459. The molecule has 2 heteroatoms. The van der Waals surface area contributed by atoms with Gasteiger partial charge in [0.05, 0.1) is 6.08 Å². The molecule has 0 heterocycles. The molecular weight excluding hydrogens is 224 g/mol. The Hall–Kier alpha value is -3.65. The first-order valence-corrected chi connectivity index (χ1v) is 4.36. The quantitative estimate of drug-likeness (QED) is 0.552. The Balaban J connectivity index is 5.51. The van der Waals surface area contributed by atoms with Crippen molar-refractivity contribution in [3.05, 3.63) is 87.2 Å². The first kappa shape index (κ1) is 14.3. The van der Waals surface area contributed by atoms with Crippen LogP contribution in [0, 0.1) is 0 Å². The van der Waals surface area contributed by atoms with E-state index >= 15 is 0 Å². The lowest BCUT2D eigenvalue weighted by Gasteiger charge is -1.65. The molecule has 0 aliphatic carbocycles. The largest absolute Gasteiger partial charge is 0.478 e. The summed E-state index contributed by atoms with van der Waals surface area (Å²) in [6.07, 6.45) is 0.791. The first-order valence-electron chi connectivity index (χ1n) is 4.36. The topological polar surface area (TPSA) is 37.3 Å². The van der Waals surface area contributed by atoms with E-state index in [2.05, 4.69) is 81.1 Å². The van der Waals surface area contributed by atoms with Gasteiger partial charge in [-0.05, 0) is 69.6 Å². The van der Waals surface area contributed by atoms with Gasteiger partial charge in [0.2, 0.25) is 0 Å². The standard InChI is InChI=1S/C16H4O2/c1-2-3-4-5-6-7-8-9-10-11-12-13-14-15-16(17)18/h15H,1H2,(H,17,18). The van der Waals surface area contributed by atoms with Crippen LogP contribution in [-0.4, -0.2) is 11.1 Å². The van der Waals surface area contributed by atoms with Gasteiger partial charge in [0.25, 0.3) is 0 Å². The molecule has 0 aromatic rings. The zero-order valence-electron chi connectivity index (χ0n) is 9.14. The summed E-state index contributed by atoms with van der Waals surface area (Å²) in [5, 5.41) is 8.21. The normalized spacial score (nSPS) is 4.67. The molecule has 2 nitrogen and oxygen atoms in total. The average molecular weight is 228 g/mol. The van der Waals surface area contributed by atoms with Crippen molar-refractivity contribution in [2.24, 2.45) is 0 Å². The minimum atomic E-state index is -1.11. The summed E-state index contributed by atoms with van der Waals surface area (Å²) in [6, 6.07) is 0. The van der Waals surface area contributed by atoms with Crippen LogP contribution in [0.2, 0.25) is 0 Å². The molecule has 0 amide bonds. The molecule has 0 atom stereocenters. The summed E-state index contributed by atoms with van der Waals surface area (Å²) in [7, 11) is 0. The van der Waals surface area contributed by atoms with Gasteiger partial charge in [0, 0.05) is 0 Å². The average Bonchev–Trinajstić information content (AvgIpc) is 2.34. The van der Waals surface area contributed by atoms with Crippen LogP contribution in [-0.2, 0) is 4.79 Å². The summed E-state index contributed by atoms with van der Waals surface area (Å²) in [4.78, 5) is 10.0. The van der Waals surface area contributed by atoms with Gasteiger partial charge < -0.3 is 5.11 Å². The van der Waals surface area contributed by atoms with E-state index in [9.17, 15) is 4.79 Å². The number of hydrogen-bond acceptors (Lipinski definition) is 1. The fraction of sp³-hybridized carbons (Fsp3) is 0. The third-order valence-electron chi connectivity index (χ3n) is 0.981. The van der Waals surface area contributed by atoms with E-state index in [1.807, 2.05) is 0 Å². The van der Waals surface area contributed by atoms with E-state index in [4.69, 9.17) is 5.11 Å². The third kappa shape index (κ3) is 12.3. The van der Waals surface area contributed by atoms with Crippen LogP contribution >= 0.6 is 0 Å². The molecule has 0 aliphatic rings. The Morgan fingerprint density at radius 2 is 1.17 bits per heavy atom. The van der Waals surface area contributed by atoms with E-state index in [1.54, 1.807) is 0 Å². The molecule has 0 saturated heterocycles. The van der Waals surface area contributed by atoms with Gasteiger partial charge in [-0.1, -0.05) is 11.5 Å². The molecule has 0 radical (unpaired) electrons. The van der Waals surface area contributed by atoms with Crippen molar-refractivity contribution in [2.75, 3.05) is 0 Å². The van der Waals surface area contributed by atoms with Crippen LogP contribution in [0.15, 0.2) is 87.2 Å². The highest BCUT2D eigenvalue weighted by atomic mass is 16.4. The van der Waals surface area contributed by atoms with Crippen LogP contribution < -0.4 is 0 Å². The molecule has 18 heavy (non-hydrogen) atoms. The van der Waals surface area contributed by atoms with Crippen molar-refractivity contribution in [3.63, 3.8) is 0 Å². The summed E-state index contributed by atoms with van der Waals surface area (Å²) < 4.78 is 0. The van der Waals surface area contributed by atoms with E-state index < -0.39 is 5.97 Å². The van der Waals surface area contributed by atoms with Gasteiger partial charge in [-0.3, -0.25) is 0 Å². The van der Waals surface area contributed by atoms with E-state index in [0.29, 0.717) is 0 Å². The van der Waals surface area contributed by atoms with E-state index in [0.717, 1.165) is 6.08 Å². The van der Waals surface area contributed by atoms with Crippen molar-refractivity contribution < 1.29 is 9.90 Å². The fourth-order valence-corrected chi connectivity index (χ4v) is 0.459. The lowest BCUT2D eigenvalue weighted by atomic mass is 10.6. The van der Waals surface area contributed by atoms with Crippen molar-refractivity contribution in [1.29, 1.82) is 0 Å². The van der Waals surface area contributed by atoms with Gasteiger partial charge in [0.15, 0.2) is 0 Å². The molecule has 0 aliphatic heterocycles. The number of carboxylic acids is 1. The third-order valence-corrected chi connectivity index (χ3v) is 0.981. The van der Waals surface area contributed by atoms with Gasteiger partial charge in [-0.25, -0.2) is 4.79 Å². The van der Waals surface area contributed by atoms with Crippen LogP contribution in [0.3, 0.4) is 0 Å². The van der Waals surface area contributed by atoms with Crippen molar-refractivity contribution in [3.8, 4) is 0 Å². The Labute approximate surface area is 104 Å². The Kier molecular flexibility index (Phi) is 9.11. The van der Waals surface area contributed by atoms with Crippen molar-refractivity contribution >= 4 is 5.97 Å². The van der Waals surface area contributed by atoms with Gasteiger partial charge in [-0.15, -0.1) is 0 Å². The molecule has 0 unspecified atom stereocenters. The Morgan fingerprint density at radius 1 is 0.778 bits per heavy atom. The number of rotatable bonds is 1. The second-order valence-corrected chi connectivity index (χ2v) is 2.18. The first-order chi connectivity index (χ1) is 8.77. The minimum Gasteiger partial charge on any atom is -0.478 e. The highest BCUT2D eigenvalue weighted by Crippen LogP contribution is 1.63. The molecule has 1 N–H and O–H groups in total. The molecule has 80 valence electrons. The molecule has 0 aromatic carbocycles. The molecule has 0 fully saturated rings. The summed E-state index contributed by atoms with van der Waals surface area (Å²) >= 11 is 0.